The van der Waals surface area contributed by atoms with Gasteiger partial charge in [0.2, 0.25) is 0 Å². The zero-order valence-corrected chi connectivity index (χ0v) is 11.9. The van der Waals surface area contributed by atoms with Crippen LogP contribution in [0.25, 0.3) is 5.57 Å². The Kier molecular flexibility index (Phi) is 3.06. The van der Waals surface area contributed by atoms with Crippen LogP contribution >= 0.6 is 0 Å². The molecule has 2 aromatic rings. The van der Waals surface area contributed by atoms with Crippen LogP contribution in [-0.2, 0) is 10.2 Å². The van der Waals surface area contributed by atoms with Crippen LogP contribution in [0, 0.1) is 0 Å². The van der Waals surface area contributed by atoms with E-state index in [0.717, 1.165) is 0 Å². The molecule has 1 nitrogen and oxygen atoms in total. The molecule has 100 valence electrons. The largest absolute Gasteiger partial charge is 0.300 e. The SMILES string of the molecule is CC(=O)CC1(C)C=C(c2ccccc2)c2ccccc21. The summed E-state index contributed by atoms with van der Waals surface area (Å²) in [6.07, 6.45) is 2.81. The molecule has 0 saturated heterocycles. The second kappa shape index (κ2) is 4.75. The van der Waals surface area contributed by atoms with Gasteiger partial charge in [0, 0.05) is 11.8 Å². The van der Waals surface area contributed by atoms with Crippen LogP contribution in [-0.4, -0.2) is 5.78 Å². The van der Waals surface area contributed by atoms with Crippen LogP contribution in [0.15, 0.2) is 60.7 Å². The number of rotatable bonds is 3. The van der Waals surface area contributed by atoms with Gasteiger partial charge in [-0.3, -0.25) is 4.79 Å². The maximum absolute atomic E-state index is 11.6. The lowest BCUT2D eigenvalue weighted by Gasteiger charge is -2.22. The molecule has 1 heteroatoms. The van der Waals surface area contributed by atoms with Gasteiger partial charge < -0.3 is 0 Å². The van der Waals surface area contributed by atoms with Crippen molar-refractivity contribution in [1.29, 1.82) is 0 Å². The lowest BCUT2D eigenvalue weighted by Crippen LogP contribution is -2.20. The Morgan fingerprint density at radius 3 is 2.35 bits per heavy atom. The summed E-state index contributed by atoms with van der Waals surface area (Å²) in [6.45, 7) is 3.82. The van der Waals surface area contributed by atoms with Crippen molar-refractivity contribution in [3.05, 3.63) is 77.4 Å². The van der Waals surface area contributed by atoms with Crippen LogP contribution < -0.4 is 0 Å². The number of fused-ring (bicyclic) bond motifs is 1. The summed E-state index contributed by atoms with van der Waals surface area (Å²) in [6, 6.07) is 18.8. The Labute approximate surface area is 120 Å². The molecule has 3 rings (SSSR count). The number of allylic oxidation sites excluding steroid dienone is 1. The van der Waals surface area contributed by atoms with Gasteiger partial charge in [0.25, 0.3) is 0 Å². The number of ketones is 1. The van der Waals surface area contributed by atoms with Crippen LogP contribution in [0.2, 0.25) is 0 Å². The second-order valence-corrected chi connectivity index (χ2v) is 5.77. The van der Waals surface area contributed by atoms with Gasteiger partial charge in [-0.2, -0.15) is 0 Å². The highest BCUT2D eigenvalue weighted by Gasteiger charge is 2.34. The third kappa shape index (κ3) is 2.09. The first kappa shape index (κ1) is 12.9. The molecular weight excluding hydrogens is 244 g/mol. The summed E-state index contributed by atoms with van der Waals surface area (Å²) in [5, 5.41) is 0. The third-order valence-electron chi connectivity index (χ3n) is 4.00. The van der Waals surface area contributed by atoms with Gasteiger partial charge >= 0.3 is 0 Å². The van der Waals surface area contributed by atoms with Crippen molar-refractivity contribution >= 4 is 11.4 Å². The summed E-state index contributed by atoms with van der Waals surface area (Å²) < 4.78 is 0. The van der Waals surface area contributed by atoms with E-state index in [-0.39, 0.29) is 11.2 Å². The van der Waals surface area contributed by atoms with Gasteiger partial charge in [0.05, 0.1) is 0 Å². The van der Waals surface area contributed by atoms with Crippen molar-refractivity contribution in [2.45, 2.75) is 25.7 Å². The molecule has 0 aliphatic heterocycles. The number of Topliss-reactive ketones (excluding diaryl/α,β-unsaturated/α-hetero) is 1. The Balaban J connectivity index is 2.16. The minimum absolute atomic E-state index is 0.187. The minimum atomic E-state index is -0.187. The quantitative estimate of drug-likeness (QED) is 0.802. The standard InChI is InChI=1S/C19H18O/c1-14(20)12-19(2)13-17(15-8-4-3-5-9-15)16-10-6-7-11-18(16)19/h3-11,13H,12H2,1-2H3. The Morgan fingerprint density at radius 2 is 1.65 bits per heavy atom. The third-order valence-corrected chi connectivity index (χ3v) is 4.00. The average molecular weight is 262 g/mol. The molecule has 0 aromatic heterocycles. The molecule has 0 saturated carbocycles. The number of carbonyl (C=O) groups excluding carboxylic acids is 1. The fourth-order valence-electron chi connectivity index (χ4n) is 3.21. The van der Waals surface area contributed by atoms with Gasteiger partial charge in [-0.05, 0) is 29.2 Å². The van der Waals surface area contributed by atoms with E-state index in [2.05, 4.69) is 61.5 Å². The summed E-state index contributed by atoms with van der Waals surface area (Å²) in [5.41, 5.74) is 4.78. The highest BCUT2D eigenvalue weighted by Crippen LogP contribution is 2.45. The molecule has 0 heterocycles. The maximum Gasteiger partial charge on any atom is 0.131 e. The van der Waals surface area contributed by atoms with Crippen molar-refractivity contribution in [2.24, 2.45) is 0 Å². The normalized spacial score (nSPS) is 20.4. The lowest BCUT2D eigenvalue weighted by molar-refractivity contribution is -0.117. The summed E-state index contributed by atoms with van der Waals surface area (Å²) in [7, 11) is 0. The smallest absolute Gasteiger partial charge is 0.131 e. The van der Waals surface area contributed by atoms with Crippen LogP contribution in [0.3, 0.4) is 0 Å². The van der Waals surface area contributed by atoms with E-state index >= 15 is 0 Å². The number of carbonyl (C=O) groups is 1. The van der Waals surface area contributed by atoms with Gasteiger partial charge in [-0.25, -0.2) is 0 Å². The molecule has 0 radical (unpaired) electrons. The molecule has 0 spiro atoms. The highest BCUT2D eigenvalue weighted by atomic mass is 16.1. The molecule has 0 amide bonds. The average Bonchev–Trinajstić information content (AvgIpc) is 2.73. The zero-order chi connectivity index (χ0) is 14.2. The fourth-order valence-corrected chi connectivity index (χ4v) is 3.21. The zero-order valence-electron chi connectivity index (χ0n) is 11.9. The molecule has 0 fully saturated rings. The highest BCUT2D eigenvalue weighted by molar-refractivity contribution is 5.89. The van der Waals surface area contributed by atoms with E-state index < -0.39 is 0 Å². The molecule has 0 N–H and O–H groups in total. The van der Waals surface area contributed by atoms with E-state index in [0.29, 0.717) is 6.42 Å². The van der Waals surface area contributed by atoms with Gasteiger partial charge in [-0.15, -0.1) is 0 Å². The van der Waals surface area contributed by atoms with Crippen molar-refractivity contribution in [3.63, 3.8) is 0 Å². The first-order valence-electron chi connectivity index (χ1n) is 6.98. The number of benzene rings is 2. The Hall–Kier alpha value is -2.15. The first-order valence-corrected chi connectivity index (χ1v) is 6.98. The second-order valence-electron chi connectivity index (χ2n) is 5.77. The van der Waals surface area contributed by atoms with E-state index in [1.165, 1.54) is 22.3 Å². The topological polar surface area (TPSA) is 17.1 Å². The van der Waals surface area contributed by atoms with Crippen LogP contribution in [0.4, 0.5) is 0 Å². The fraction of sp³-hybridized carbons (Fsp3) is 0.211. The first-order chi connectivity index (χ1) is 9.60. The van der Waals surface area contributed by atoms with Crippen LogP contribution in [0.1, 0.15) is 37.0 Å². The molecular formula is C19H18O. The molecule has 20 heavy (non-hydrogen) atoms. The summed E-state index contributed by atoms with van der Waals surface area (Å²) in [5.74, 6) is 0.230. The summed E-state index contributed by atoms with van der Waals surface area (Å²) >= 11 is 0. The maximum atomic E-state index is 11.6. The minimum Gasteiger partial charge on any atom is -0.300 e. The Morgan fingerprint density at radius 1 is 1.00 bits per heavy atom. The van der Waals surface area contributed by atoms with Gasteiger partial charge in [0.1, 0.15) is 5.78 Å². The molecule has 1 atom stereocenters. The van der Waals surface area contributed by atoms with Gasteiger partial charge in [0.15, 0.2) is 0 Å². The Bertz CT molecular complexity index is 682. The van der Waals surface area contributed by atoms with Crippen LogP contribution in [0.5, 0.6) is 0 Å². The van der Waals surface area contributed by atoms with E-state index in [1.807, 2.05) is 6.07 Å². The predicted molar refractivity (Wildman–Crippen MR) is 82.6 cm³/mol. The molecule has 0 bridgehead atoms. The molecule has 1 aliphatic carbocycles. The molecule has 2 aromatic carbocycles. The summed E-state index contributed by atoms with van der Waals surface area (Å²) in [4.78, 5) is 11.6. The molecule has 1 aliphatic rings. The lowest BCUT2D eigenvalue weighted by atomic mass is 9.80. The molecule has 1 unspecified atom stereocenters. The van der Waals surface area contributed by atoms with Crippen molar-refractivity contribution in [3.8, 4) is 0 Å². The van der Waals surface area contributed by atoms with E-state index in [4.69, 9.17) is 0 Å². The van der Waals surface area contributed by atoms with Crippen molar-refractivity contribution in [1.82, 2.24) is 0 Å². The monoisotopic (exact) mass is 262 g/mol. The number of hydrogen-bond acceptors (Lipinski definition) is 1. The predicted octanol–water partition coefficient (Wildman–Crippen LogP) is 4.37. The van der Waals surface area contributed by atoms with Crippen molar-refractivity contribution < 1.29 is 4.79 Å². The van der Waals surface area contributed by atoms with Gasteiger partial charge in [-0.1, -0.05) is 67.6 Å². The van der Waals surface area contributed by atoms with E-state index in [1.54, 1.807) is 6.92 Å². The number of hydrogen-bond donors (Lipinski definition) is 0. The van der Waals surface area contributed by atoms with Crippen molar-refractivity contribution in [2.75, 3.05) is 0 Å². The van der Waals surface area contributed by atoms with E-state index in [9.17, 15) is 4.79 Å².